The molecule has 16 heteroatoms. The van der Waals surface area contributed by atoms with E-state index in [2.05, 4.69) is 18.6 Å². The summed E-state index contributed by atoms with van der Waals surface area (Å²) in [6.07, 6.45) is 0.386. The molecule has 2 aliphatic heterocycles. The van der Waals surface area contributed by atoms with Gasteiger partial charge in [0.2, 0.25) is 21.8 Å². The predicted octanol–water partition coefficient (Wildman–Crippen LogP) is 6.77. The number of thiazole rings is 1. The molecule has 0 spiro atoms. The molecule has 0 bridgehead atoms. The lowest BCUT2D eigenvalue weighted by Gasteiger charge is -2.46. The second-order valence-corrected chi connectivity index (χ2v) is 21.2. The van der Waals surface area contributed by atoms with E-state index < -0.39 is 68.4 Å². The first-order valence-electron chi connectivity index (χ1n) is 20.7. The van der Waals surface area contributed by atoms with Crippen molar-refractivity contribution < 1.29 is 41.8 Å². The summed E-state index contributed by atoms with van der Waals surface area (Å²) in [5.74, 6) is -0.605. The van der Waals surface area contributed by atoms with Crippen molar-refractivity contribution in [1.29, 1.82) is 0 Å². The molecular formula is C43H57N5O9S2. The number of amides is 3. The molecule has 0 radical (unpaired) electrons. The number of pyridine rings is 1. The largest absolute Gasteiger partial charge is 0.496 e. The molecule has 3 amide bonds. The fourth-order valence-electron chi connectivity index (χ4n) is 8.84. The smallest absolute Gasteiger partial charge is 0.411 e. The second-order valence-electron chi connectivity index (χ2n) is 18.4. The number of ether oxygens (including phenoxy) is 3. The summed E-state index contributed by atoms with van der Waals surface area (Å²) in [7, 11) is -2.25. The van der Waals surface area contributed by atoms with Crippen LogP contribution in [0.5, 0.6) is 11.5 Å². The predicted molar refractivity (Wildman–Crippen MR) is 224 cm³/mol. The zero-order chi connectivity index (χ0) is 42.9. The molecule has 4 heterocycles. The van der Waals surface area contributed by atoms with Gasteiger partial charge in [0.15, 0.2) is 5.78 Å². The van der Waals surface area contributed by atoms with Crippen molar-refractivity contribution in [3.8, 4) is 22.2 Å². The van der Waals surface area contributed by atoms with Crippen LogP contribution in [0.3, 0.4) is 0 Å². The number of aryl methyl sites for hydroxylation is 1. The Balaban J connectivity index is 1.29. The van der Waals surface area contributed by atoms with Crippen LogP contribution in [-0.2, 0) is 29.1 Å². The summed E-state index contributed by atoms with van der Waals surface area (Å²) in [4.78, 5) is 70.2. The molecule has 2 aliphatic carbocycles. The number of aromatic nitrogens is 2. The van der Waals surface area contributed by atoms with Gasteiger partial charge in [0, 0.05) is 41.8 Å². The number of ketones is 1. The average molecular weight is 852 g/mol. The number of nitrogens with one attached hydrogen (secondary N) is 1. The van der Waals surface area contributed by atoms with Crippen molar-refractivity contribution in [2.45, 2.75) is 142 Å². The Hall–Kier alpha value is -4.31. The molecule has 3 aromatic rings. The molecule has 4 fully saturated rings. The van der Waals surface area contributed by atoms with Crippen molar-refractivity contribution in [2.75, 3.05) is 13.7 Å². The number of hydrogen-bond acceptors (Lipinski definition) is 12. The van der Waals surface area contributed by atoms with E-state index in [4.69, 9.17) is 24.2 Å². The zero-order valence-electron chi connectivity index (χ0n) is 35.7. The molecule has 6 atom stereocenters. The number of methoxy groups -OCH3 is 1. The SMILES string of the molecule is CC[C@@H]1C[C@]1(CC(=O)[C@@H]1C[C@@H](Oc2cc(-c3nc(C(C)C)cs3)nc3c(C)c(OC)ccc23)[C@H]2CN(C(=O)OC(C)(C)C)[C@H](C(C)C)C(=O)N21)C(=O)NS(=O)(=O)C1CC1. The number of hydrogen-bond donors (Lipinski definition) is 1. The van der Waals surface area contributed by atoms with E-state index in [0.717, 1.165) is 11.3 Å². The Kier molecular flexibility index (Phi) is 11.3. The summed E-state index contributed by atoms with van der Waals surface area (Å²) < 4.78 is 46.6. The van der Waals surface area contributed by atoms with Gasteiger partial charge in [0.1, 0.15) is 39.9 Å². The van der Waals surface area contributed by atoms with Gasteiger partial charge in [0.05, 0.1) is 41.1 Å². The number of nitrogens with zero attached hydrogens (tertiary/aromatic N) is 4. The molecule has 2 aromatic heterocycles. The van der Waals surface area contributed by atoms with Gasteiger partial charge < -0.3 is 19.1 Å². The number of fused-ring (bicyclic) bond motifs is 2. The van der Waals surface area contributed by atoms with Crippen LogP contribution in [0.2, 0.25) is 0 Å². The van der Waals surface area contributed by atoms with E-state index in [9.17, 15) is 27.6 Å². The summed E-state index contributed by atoms with van der Waals surface area (Å²) in [6, 6.07) is 2.86. The first-order valence-corrected chi connectivity index (χ1v) is 23.1. The Morgan fingerprint density at radius 3 is 2.37 bits per heavy atom. The lowest BCUT2D eigenvalue weighted by atomic mass is 9.90. The quantitative estimate of drug-likeness (QED) is 0.192. The highest BCUT2D eigenvalue weighted by atomic mass is 32.2. The van der Waals surface area contributed by atoms with Gasteiger partial charge in [-0.15, -0.1) is 11.3 Å². The number of Topliss-reactive ketones (excluding diaryl/α,β-unsaturated/α-hetero) is 1. The molecule has 7 rings (SSSR count). The van der Waals surface area contributed by atoms with Gasteiger partial charge >= 0.3 is 6.09 Å². The lowest BCUT2D eigenvalue weighted by molar-refractivity contribution is -0.152. The molecule has 2 saturated carbocycles. The highest BCUT2D eigenvalue weighted by Gasteiger charge is 2.63. The van der Waals surface area contributed by atoms with Crippen LogP contribution in [0, 0.1) is 24.2 Å². The highest BCUT2D eigenvalue weighted by Crippen LogP contribution is 2.58. The minimum Gasteiger partial charge on any atom is -0.496 e. The van der Waals surface area contributed by atoms with Gasteiger partial charge in [-0.1, -0.05) is 41.0 Å². The van der Waals surface area contributed by atoms with Crippen LogP contribution in [-0.4, -0.2) is 101 Å². The van der Waals surface area contributed by atoms with E-state index in [1.807, 2.05) is 51.3 Å². The third-order valence-electron chi connectivity index (χ3n) is 12.3. The molecule has 4 aliphatic rings. The fraction of sp³-hybridized carbons (Fsp3) is 0.628. The van der Waals surface area contributed by atoms with E-state index in [0.29, 0.717) is 58.8 Å². The molecule has 59 heavy (non-hydrogen) atoms. The fourth-order valence-corrected chi connectivity index (χ4v) is 11.2. The van der Waals surface area contributed by atoms with Gasteiger partial charge in [-0.3, -0.25) is 24.0 Å². The second kappa shape index (κ2) is 15.6. The van der Waals surface area contributed by atoms with Gasteiger partial charge in [0.25, 0.3) is 0 Å². The van der Waals surface area contributed by atoms with Crippen molar-refractivity contribution >= 4 is 56.0 Å². The van der Waals surface area contributed by atoms with E-state index >= 15 is 0 Å². The number of sulfonamides is 1. The lowest BCUT2D eigenvalue weighted by Crippen LogP contribution is -2.66. The molecule has 0 unspecified atom stereocenters. The Labute approximate surface area is 350 Å². The van der Waals surface area contributed by atoms with Gasteiger partial charge in [-0.2, -0.15) is 0 Å². The first-order chi connectivity index (χ1) is 27.7. The van der Waals surface area contributed by atoms with Crippen molar-refractivity contribution in [3.05, 3.63) is 34.8 Å². The Morgan fingerprint density at radius 1 is 1.08 bits per heavy atom. The van der Waals surface area contributed by atoms with Crippen LogP contribution >= 0.6 is 11.3 Å². The van der Waals surface area contributed by atoms with Gasteiger partial charge in [-0.25, -0.2) is 23.2 Å². The molecule has 14 nitrogen and oxygen atoms in total. The topological polar surface area (TPSA) is 174 Å². The molecule has 1 N–H and O–H groups in total. The number of carbonyl (C=O) groups is 4. The first kappa shape index (κ1) is 42.8. The number of rotatable bonds is 13. The van der Waals surface area contributed by atoms with Crippen LogP contribution in [0.4, 0.5) is 4.79 Å². The van der Waals surface area contributed by atoms with Crippen molar-refractivity contribution in [3.63, 3.8) is 0 Å². The minimum atomic E-state index is -3.85. The molecule has 1 aromatic carbocycles. The van der Waals surface area contributed by atoms with Crippen LogP contribution in [0.1, 0.15) is 111 Å². The number of benzene rings is 1. The zero-order valence-corrected chi connectivity index (χ0v) is 37.3. The number of piperazine rings is 1. The summed E-state index contributed by atoms with van der Waals surface area (Å²) in [5.41, 5.74) is 0.933. The maximum Gasteiger partial charge on any atom is 0.411 e. The average Bonchev–Trinajstić information content (AvgIpc) is 4.05. The normalized spacial score (nSPS) is 25.7. The van der Waals surface area contributed by atoms with E-state index in [1.165, 1.54) is 16.2 Å². The third kappa shape index (κ3) is 8.15. The van der Waals surface area contributed by atoms with Crippen LogP contribution in [0.25, 0.3) is 21.6 Å². The summed E-state index contributed by atoms with van der Waals surface area (Å²) in [6.45, 7) is 17.0. The van der Waals surface area contributed by atoms with E-state index in [-0.39, 0.29) is 42.9 Å². The molecular weight excluding hydrogens is 795 g/mol. The Bertz CT molecular complexity index is 2280. The van der Waals surface area contributed by atoms with E-state index in [1.54, 1.807) is 32.8 Å². The Morgan fingerprint density at radius 2 is 1.80 bits per heavy atom. The van der Waals surface area contributed by atoms with Crippen molar-refractivity contribution in [2.24, 2.45) is 17.3 Å². The monoisotopic (exact) mass is 851 g/mol. The molecule has 2 saturated heterocycles. The standard InChI is InChI=1S/C43H57N5O9S2/c1-11-25-18-43(25,40(51)46-59(53,54)26-12-13-26)19-32(49)30-17-35(31-20-47(41(52)57-42(7,8)9)37(23(4)5)39(50)48(30)31)56-34-16-28(38-45-29(21-58-38)22(2)3)44-36-24(6)33(55-10)15-14-27(34)36/h14-16,21-23,25-26,30-31,35,37H,11-13,17-20H2,1-10H3,(H,46,51)/t25-,30+,31-,35-,37-,43-/m1/s1. The highest BCUT2D eigenvalue weighted by molar-refractivity contribution is 7.90. The maximum atomic E-state index is 14.9. The van der Waals surface area contributed by atoms with Crippen LogP contribution < -0.4 is 14.2 Å². The summed E-state index contributed by atoms with van der Waals surface area (Å²) in [5, 5.41) is 2.81. The van der Waals surface area contributed by atoms with Gasteiger partial charge in [-0.05, 0) is 76.8 Å². The molecule has 320 valence electrons. The van der Waals surface area contributed by atoms with Crippen LogP contribution in [0.15, 0.2) is 23.6 Å². The number of carbonyl (C=O) groups excluding carboxylic acids is 4. The minimum absolute atomic E-state index is 0.0355. The van der Waals surface area contributed by atoms with Crippen molar-refractivity contribution in [1.82, 2.24) is 24.5 Å². The third-order valence-corrected chi connectivity index (χ3v) is 15.0. The summed E-state index contributed by atoms with van der Waals surface area (Å²) >= 11 is 1.48. The maximum absolute atomic E-state index is 14.9.